The maximum absolute atomic E-state index is 11.4. The van der Waals surface area contributed by atoms with Gasteiger partial charge in [0.25, 0.3) is 5.91 Å². The van der Waals surface area contributed by atoms with E-state index in [0.29, 0.717) is 0 Å². The van der Waals surface area contributed by atoms with Crippen LogP contribution in [0.2, 0.25) is 0 Å². The van der Waals surface area contributed by atoms with Crippen molar-refractivity contribution in [2.45, 2.75) is 6.04 Å². The summed E-state index contributed by atoms with van der Waals surface area (Å²) in [6, 6.07) is 1.36. The average molecular weight is 230 g/mol. The standard InChI is InChI=1S/C8H10N2O6/c11-3-5(4-12)9-8(13)6-1-2-7(16-6)10(14)15/h1-2,5,11-12H,3-4H2,(H,9,13). The largest absolute Gasteiger partial charge is 0.433 e. The Morgan fingerprint density at radius 2 is 2.12 bits per heavy atom. The third kappa shape index (κ3) is 2.78. The highest BCUT2D eigenvalue weighted by atomic mass is 16.6. The molecule has 88 valence electrons. The van der Waals surface area contributed by atoms with Gasteiger partial charge in [-0.15, -0.1) is 0 Å². The number of amides is 1. The van der Waals surface area contributed by atoms with Crippen LogP contribution in [0.1, 0.15) is 10.6 Å². The second kappa shape index (κ2) is 5.24. The van der Waals surface area contributed by atoms with Crippen LogP contribution < -0.4 is 5.32 Å². The molecule has 0 radical (unpaired) electrons. The molecule has 8 nitrogen and oxygen atoms in total. The summed E-state index contributed by atoms with van der Waals surface area (Å²) in [5, 5.41) is 29.9. The number of nitro groups is 1. The highest BCUT2D eigenvalue weighted by Gasteiger charge is 2.19. The number of furan rings is 1. The van der Waals surface area contributed by atoms with E-state index in [1.54, 1.807) is 0 Å². The molecule has 0 atom stereocenters. The maximum atomic E-state index is 11.4. The fourth-order valence-corrected chi connectivity index (χ4v) is 0.953. The Bertz CT molecular complexity index is 384. The Kier molecular flexibility index (Phi) is 3.97. The number of rotatable bonds is 5. The lowest BCUT2D eigenvalue weighted by atomic mass is 10.3. The van der Waals surface area contributed by atoms with Crippen LogP contribution in [-0.4, -0.2) is 40.3 Å². The molecule has 3 N–H and O–H groups in total. The van der Waals surface area contributed by atoms with Crippen molar-refractivity contribution >= 4 is 11.8 Å². The average Bonchev–Trinajstić information content (AvgIpc) is 2.74. The number of hydrogen-bond donors (Lipinski definition) is 3. The van der Waals surface area contributed by atoms with Crippen LogP contribution >= 0.6 is 0 Å². The SMILES string of the molecule is O=C(NC(CO)CO)c1ccc([N+](=O)[O-])o1. The summed E-state index contributed by atoms with van der Waals surface area (Å²) in [6.45, 7) is -0.879. The minimum absolute atomic E-state index is 0.251. The first-order chi connectivity index (χ1) is 7.58. The van der Waals surface area contributed by atoms with Crippen LogP contribution in [0.3, 0.4) is 0 Å². The van der Waals surface area contributed by atoms with E-state index in [0.717, 1.165) is 12.1 Å². The molecule has 1 amide bonds. The summed E-state index contributed by atoms with van der Waals surface area (Å²) >= 11 is 0. The Hall–Kier alpha value is -1.93. The minimum atomic E-state index is -0.823. The molecule has 1 heterocycles. The van der Waals surface area contributed by atoms with E-state index in [9.17, 15) is 14.9 Å². The van der Waals surface area contributed by atoms with Gasteiger partial charge in [-0.2, -0.15) is 0 Å². The molecule has 16 heavy (non-hydrogen) atoms. The Labute approximate surface area is 89.6 Å². The molecule has 1 aromatic heterocycles. The fraction of sp³-hybridized carbons (Fsp3) is 0.375. The lowest BCUT2D eigenvalue weighted by Crippen LogP contribution is -2.39. The summed E-state index contributed by atoms with van der Waals surface area (Å²) in [5.74, 6) is -1.53. The molecule has 0 saturated heterocycles. The van der Waals surface area contributed by atoms with Gasteiger partial charge in [-0.25, -0.2) is 0 Å². The van der Waals surface area contributed by atoms with E-state index in [1.807, 2.05) is 0 Å². The van der Waals surface area contributed by atoms with Gasteiger partial charge in [0, 0.05) is 0 Å². The molecule has 8 heteroatoms. The predicted molar refractivity (Wildman–Crippen MR) is 50.8 cm³/mol. The van der Waals surface area contributed by atoms with Gasteiger partial charge in [0.2, 0.25) is 0 Å². The Morgan fingerprint density at radius 1 is 1.50 bits per heavy atom. The van der Waals surface area contributed by atoms with Gasteiger partial charge < -0.3 is 19.9 Å². The van der Waals surface area contributed by atoms with E-state index in [2.05, 4.69) is 9.73 Å². The highest BCUT2D eigenvalue weighted by Crippen LogP contribution is 2.15. The normalized spacial score (nSPS) is 10.4. The second-order valence-electron chi connectivity index (χ2n) is 2.93. The van der Waals surface area contributed by atoms with E-state index in [4.69, 9.17) is 10.2 Å². The predicted octanol–water partition coefficient (Wildman–Crippen LogP) is -0.729. The van der Waals surface area contributed by atoms with E-state index in [-0.39, 0.29) is 5.76 Å². The van der Waals surface area contributed by atoms with Crippen LogP contribution in [0.5, 0.6) is 0 Å². The molecule has 0 bridgehead atoms. The molecule has 1 rings (SSSR count). The van der Waals surface area contributed by atoms with Gasteiger partial charge in [0.1, 0.15) is 4.92 Å². The molecule has 0 aromatic carbocycles. The first-order valence-corrected chi connectivity index (χ1v) is 4.35. The second-order valence-corrected chi connectivity index (χ2v) is 2.93. The van der Waals surface area contributed by atoms with Crippen molar-refractivity contribution in [3.63, 3.8) is 0 Å². The highest BCUT2D eigenvalue weighted by molar-refractivity contribution is 5.91. The molecule has 0 spiro atoms. The van der Waals surface area contributed by atoms with E-state index >= 15 is 0 Å². The van der Waals surface area contributed by atoms with Crippen LogP contribution in [0, 0.1) is 10.1 Å². The fourth-order valence-electron chi connectivity index (χ4n) is 0.953. The smallest absolute Gasteiger partial charge is 0.395 e. The van der Waals surface area contributed by atoms with Gasteiger partial charge in [-0.05, 0) is 6.07 Å². The maximum Gasteiger partial charge on any atom is 0.433 e. The third-order valence-electron chi connectivity index (χ3n) is 1.77. The van der Waals surface area contributed by atoms with Crippen LogP contribution in [0.15, 0.2) is 16.5 Å². The van der Waals surface area contributed by atoms with Crippen molar-refractivity contribution in [1.82, 2.24) is 5.32 Å². The quantitative estimate of drug-likeness (QED) is 0.452. The van der Waals surface area contributed by atoms with Crippen molar-refractivity contribution < 1.29 is 24.3 Å². The van der Waals surface area contributed by atoms with Crippen LogP contribution in [0.25, 0.3) is 0 Å². The summed E-state index contributed by atoms with van der Waals surface area (Å²) in [7, 11) is 0. The summed E-state index contributed by atoms with van der Waals surface area (Å²) in [6.07, 6.45) is 0. The lowest BCUT2D eigenvalue weighted by Gasteiger charge is -2.11. The van der Waals surface area contributed by atoms with Crippen LogP contribution in [-0.2, 0) is 0 Å². The van der Waals surface area contributed by atoms with Crippen molar-refractivity contribution in [2.24, 2.45) is 0 Å². The zero-order valence-corrected chi connectivity index (χ0v) is 8.12. The lowest BCUT2D eigenvalue weighted by molar-refractivity contribution is -0.402. The first-order valence-electron chi connectivity index (χ1n) is 4.35. The summed E-state index contributed by atoms with van der Waals surface area (Å²) in [4.78, 5) is 20.9. The molecule has 1 aromatic rings. The minimum Gasteiger partial charge on any atom is -0.395 e. The topological polar surface area (TPSA) is 126 Å². The third-order valence-corrected chi connectivity index (χ3v) is 1.77. The number of hydrogen-bond acceptors (Lipinski definition) is 6. The van der Waals surface area contributed by atoms with E-state index < -0.39 is 36.0 Å². The van der Waals surface area contributed by atoms with Crippen molar-refractivity contribution in [2.75, 3.05) is 13.2 Å². The number of nitrogens with zero attached hydrogens (tertiary/aromatic N) is 1. The molecule has 0 fully saturated rings. The number of nitrogens with one attached hydrogen (secondary N) is 1. The van der Waals surface area contributed by atoms with Crippen molar-refractivity contribution in [1.29, 1.82) is 0 Å². The summed E-state index contributed by atoms with van der Waals surface area (Å²) < 4.78 is 4.62. The van der Waals surface area contributed by atoms with Crippen molar-refractivity contribution in [3.05, 3.63) is 28.0 Å². The van der Waals surface area contributed by atoms with Crippen molar-refractivity contribution in [3.8, 4) is 0 Å². The zero-order chi connectivity index (χ0) is 12.1. The van der Waals surface area contributed by atoms with Gasteiger partial charge in [-0.1, -0.05) is 0 Å². The number of aliphatic hydroxyl groups is 2. The molecule has 0 aliphatic heterocycles. The van der Waals surface area contributed by atoms with Gasteiger partial charge in [0.15, 0.2) is 5.76 Å². The monoisotopic (exact) mass is 230 g/mol. The van der Waals surface area contributed by atoms with Gasteiger partial charge >= 0.3 is 5.88 Å². The van der Waals surface area contributed by atoms with Gasteiger partial charge in [0.05, 0.1) is 25.3 Å². The molecular weight excluding hydrogens is 220 g/mol. The molecule has 0 aliphatic rings. The molecule has 0 saturated carbocycles. The number of carbonyl (C=O) groups is 1. The zero-order valence-electron chi connectivity index (χ0n) is 8.12. The number of aliphatic hydroxyl groups excluding tert-OH is 2. The Balaban J connectivity index is 2.69. The first kappa shape index (κ1) is 12.1. The van der Waals surface area contributed by atoms with E-state index in [1.165, 1.54) is 0 Å². The molecular formula is C8H10N2O6. The molecule has 0 unspecified atom stereocenters. The summed E-state index contributed by atoms with van der Waals surface area (Å²) in [5.41, 5.74) is 0. The molecule has 0 aliphatic carbocycles. The van der Waals surface area contributed by atoms with Gasteiger partial charge in [-0.3, -0.25) is 14.9 Å². The van der Waals surface area contributed by atoms with Crippen LogP contribution in [0.4, 0.5) is 5.88 Å². The number of carbonyl (C=O) groups excluding carboxylic acids is 1. The Morgan fingerprint density at radius 3 is 2.56 bits per heavy atom.